The van der Waals surface area contributed by atoms with E-state index in [2.05, 4.69) is 24.3 Å². The maximum Gasteiger partial charge on any atom is 0.0408 e. The second-order valence-electron chi connectivity index (χ2n) is 5.32. The first-order valence-corrected chi connectivity index (χ1v) is 7.22. The Morgan fingerprint density at radius 2 is 1.89 bits per heavy atom. The number of benzene rings is 2. The van der Waals surface area contributed by atoms with E-state index >= 15 is 0 Å². The molecule has 2 heteroatoms. The minimum absolute atomic E-state index is 0.0457. The quantitative estimate of drug-likeness (QED) is 0.895. The highest BCUT2D eigenvalue weighted by molar-refractivity contribution is 6.30. The van der Waals surface area contributed by atoms with Gasteiger partial charge in [0.05, 0.1) is 0 Å². The Morgan fingerprint density at radius 1 is 1.05 bits per heavy atom. The summed E-state index contributed by atoms with van der Waals surface area (Å²) in [6.07, 6.45) is 4.54. The molecule has 2 N–H and O–H groups in total. The predicted octanol–water partition coefficient (Wildman–Crippen LogP) is 4.07. The lowest BCUT2D eigenvalue weighted by Crippen LogP contribution is -2.13. The number of aryl methyl sites for hydroxylation is 2. The average Bonchev–Trinajstić information content (AvgIpc) is 2.85. The van der Waals surface area contributed by atoms with Gasteiger partial charge in [0.25, 0.3) is 0 Å². The van der Waals surface area contributed by atoms with Crippen molar-refractivity contribution in [2.75, 3.05) is 0 Å². The monoisotopic (exact) mass is 271 g/mol. The van der Waals surface area contributed by atoms with Gasteiger partial charge in [-0.3, -0.25) is 0 Å². The van der Waals surface area contributed by atoms with E-state index in [0.29, 0.717) is 0 Å². The molecule has 1 nitrogen and oxygen atoms in total. The van der Waals surface area contributed by atoms with Crippen LogP contribution < -0.4 is 5.73 Å². The molecule has 1 aliphatic carbocycles. The first kappa shape index (κ1) is 12.7. The lowest BCUT2D eigenvalue weighted by Gasteiger charge is -2.14. The Labute approximate surface area is 119 Å². The molecule has 0 radical (unpaired) electrons. The van der Waals surface area contributed by atoms with Crippen LogP contribution in [-0.2, 0) is 19.3 Å². The van der Waals surface area contributed by atoms with Crippen molar-refractivity contribution < 1.29 is 0 Å². The third-order valence-electron chi connectivity index (χ3n) is 3.90. The van der Waals surface area contributed by atoms with Gasteiger partial charge in [0, 0.05) is 11.1 Å². The van der Waals surface area contributed by atoms with Crippen molar-refractivity contribution in [3.05, 3.63) is 69.7 Å². The van der Waals surface area contributed by atoms with Gasteiger partial charge in [-0.15, -0.1) is 0 Å². The normalized spacial score (nSPS) is 15.3. The van der Waals surface area contributed by atoms with Crippen LogP contribution in [0.4, 0.5) is 0 Å². The summed E-state index contributed by atoms with van der Waals surface area (Å²) in [6, 6.07) is 14.7. The van der Waals surface area contributed by atoms with E-state index in [1.807, 2.05) is 18.2 Å². The first-order chi connectivity index (χ1) is 9.22. The first-order valence-electron chi connectivity index (χ1n) is 6.84. The van der Waals surface area contributed by atoms with Gasteiger partial charge in [0.2, 0.25) is 0 Å². The minimum atomic E-state index is 0.0457. The summed E-state index contributed by atoms with van der Waals surface area (Å²) in [7, 11) is 0. The summed E-state index contributed by atoms with van der Waals surface area (Å²) < 4.78 is 0. The SMILES string of the molecule is NC(Cc1cccc(Cl)c1)c1ccc2c(c1)CCC2. The summed E-state index contributed by atoms with van der Waals surface area (Å²) in [6.45, 7) is 0. The third-order valence-corrected chi connectivity index (χ3v) is 4.13. The lowest BCUT2D eigenvalue weighted by atomic mass is 9.97. The van der Waals surface area contributed by atoms with E-state index in [9.17, 15) is 0 Å². The zero-order valence-corrected chi connectivity index (χ0v) is 11.7. The molecule has 0 aliphatic heterocycles. The van der Waals surface area contributed by atoms with Crippen molar-refractivity contribution in [3.63, 3.8) is 0 Å². The lowest BCUT2D eigenvalue weighted by molar-refractivity contribution is 0.720. The van der Waals surface area contributed by atoms with Crippen molar-refractivity contribution in [1.82, 2.24) is 0 Å². The fourth-order valence-corrected chi connectivity index (χ4v) is 3.07. The van der Waals surface area contributed by atoms with Gasteiger partial charge >= 0.3 is 0 Å². The topological polar surface area (TPSA) is 26.0 Å². The summed E-state index contributed by atoms with van der Waals surface area (Å²) >= 11 is 6.01. The van der Waals surface area contributed by atoms with Crippen molar-refractivity contribution in [1.29, 1.82) is 0 Å². The smallest absolute Gasteiger partial charge is 0.0408 e. The van der Waals surface area contributed by atoms with Crippen molar-refractivity contribution in [2.24, 2.45) is 5.73 Å². The molecule has 1 atom stereocenters. The summed E-state index contributed by atoms with van der Waals surface area (Å²) in [5, 5.41) is 0.777. The second-order valence-corrected chi connectivity index (χ2v) is 5.76. The molecule has 2 aromatic rings. The van der Waals surface area contributed by atoms with E-state index in [-0.39, 0.29) is 6.04 Å². The van der Waals surface area contributed by atoms with Gasteiger partial charge in [0.15, 0.2) is 0 Å². The predicted molar refractivity (Wildman–Crippen MR) is 80.6 cm³/mol. The van der Waals surface area contributed by atoms with Crippen LogP contribution in [0.25, 0.3) is 0 Å². The molecule has 2 aromatic carbocycles. The van der Waals surface area contributed by atoms with Crippen LogP contribution in [0.5, 0.6) is 0 Å². The van der Waals surface area contributed by atoms with Crippen molar-refractivity contribution in [3.8, 4) is 0 Å². The maximum absolute atomic E-state index is 6.33. The molecule has 0 heterocycles. The number of hydrogen-bond acceptors (Lipinski definition) is 1. The van der Waals surface area contributed by atoms with Crippen LogP contribution in [0.15, 0.2) is 42.5 Å². The van der Waals surface area contributed by atoms with Crippen LogP contribution in [0, 0.1) is 0 Å². The van der Waals surface area contributed by atoms with Crippen LogP contribution in [0.1, 0.15) is 34.7 Å². The molecule has 1 aliphatic rings. The molecule has 0 bridgehead atoms. The van der Waals surface area contributed by atoms with Gasteiger partial charge in [-0.1, -0.05) is 41.9 Å². The van der Waals surface area contributed by atoms with Crippen molar-refractivity contribution in [2.45, 2.75) is 31.7 Å². The van der Waals surface area contributed by atoms with E-state index in [1.165, 1.54) is 41.5 Å². The fraction of sp³-hybridized carbons (Fsp3) is 0.294. The summed E-state index contributed by atoms with van der Waals surface area (Å²) in [4.78, 5) is 0. The van der Waals surface area contributed by atoms with Crippen LogP contribution in [0.3, 0.4) is 0 Å². The zero-order chi connectivity index (χ0) is 13.2. The maximum atomic E-state index is 6.33. The number of nitrogens with two attached hydrogens (primary N) is 1. The number of hydrogen-bond donors (Lipinski definition) is 1. The van der Waals surface area contributed by atoms with Gasteiger partial charge in [0.1, 0.15) is 0 Å². The molecule has 3 rings (SSSR count). The Morgan fingerprint density at radius 3 is 2.74 bits per heavy atom. The molecule has 0 saturated heterocycles. The highest BCUT2D eigenvalue weighted by Gasteiger charge is 2.14. The van der Waals surface area contributed by atoms with Crippen LogP contribution >= 0.6 is 11.6 Å². The van der Waals surface area contributed by atoms with Gasteiger partial charge in [-0.25, -0.2) is 0 Å². The van der Waals surface area contributed by atoms with Crippen LogP contribution in [0.2, 0.25) is 5.02 Å². The Balaban J connectivity index is 1.78. The molecule has 98 valence electrons. The molecular formula is C17H18ClN. The van der Waals surface area contributed by atoms with Crippen molar-refractivity contribution >= 4 is 11.6 Å². The largest absolute Gasteiger partial charge is 0.324 e. The van der Waals surface area contributed by atoms with Crippen LogP contribution in [-0.4, -0.2) is 0 Å². The highest BCUT2D eigenvalue weighted by Crippen LogP contribution is 2.26. The standard InChI is InChI=1S/C17H18ClN/c18-16-6-1-3-12(9-16)10-17(19)15-8-7-13-4-2-5-14(13)11-15/h1,3,6-9,11,17H,2,4-5,10,19H2. The molecule has 1 unspecified atom stereocenters. The number of halogens is 1. The minimum Gasteiger partial charge on any atom is -0.324 e. The Kier molecular flexibility index (Phi) is 3.58. The Bertz CT molecular complexity index is 592. The van der Waals surface area contributed by atoms with E-state index in [0.717, 1.165) is 11.4 Å². The number of rotatable bonds is 3. The van der Waals surface area contributed by atoms with Gasteiger partial charge in [-0.05, 0) is 60.1 Å². The summed E-state index contributed by atoms with van der Waals surface area (Å²) in [5.74, 6) is 0. The molecule has 0 aromatic heterocycles. The summed E-state index contributed by atoms with van der Waals surface area (Å²) in [5.41, 5.74) is 11.7. The molecule has 0 spiro atoms. The molecule has 0 amide bonds. The zero-order valence-electron chi connectivity index (χ0n) is 10.9. The molecular weight excluding hydrogens is 254 g/mol. The van der Waals surface area contributed by atoms with E-state index in [1.54, 1.807) is 0 Å². The van der Waals surface area contributed by atoms with Gasteiger partial charge < -0.3 is 5.73 Å². The third kappa shape index (κ3) is 2.83. The number of fused-ring (bicyclic) bond motifs is 1. The van der Waals surface area contributed by atoms with Gasteiger partial charge in [-0.2, -0.15) is 0 Å². The van der Waals surface area contributed by atoms with E-state index < -0.39 is 0 Å². The van der Waals surface area contributed by atoms with E-state index in [4.69, 9.17) is 17.3 Å². The fourth-order valence-electron chi connectivity index (χ4n) is 2.86. The molecule has 0 fully saturated rings. The Hall–Kier alpha value is -1.31. The average molecular weight is 272 g/mol. The highest BCUT2D eigenvalue weighted by atomic mass is 35.5. The second kappa shape index (κ2) is 5.36. The molecule has 0 saturated carbocycles. The molecule has 19 heavy (non-hydrogen) atoms.